The molecule has 0 saturated heterocycles. The average Bonchev–Trinajstić information content (AvgIpc) is 3.10. The summed E-state index contributed by atoms with van der Waals surface area (Å²) in [5, 5.41) is -0.258. The third-order valence-corrected chi connectivity index (χ3v) is 6.34. The Labute approximate surface area is 157 Å². The van der Waals surface area contributed by atoms with Crippen molar-refractivity contribution < 1.29 is 14.3 Å². The van der Waals surface area contributed by atoms with Crippen molar-refractivity contribution in [3.8, 4) is 0 Å². The van der Waals surface area contributed by atoms with Gasteiger partial charge in [0.15, 0.2) is 6.61 Å². The Morgan fingerprint density at radius 1 is 1.12 bits per heavy atom. The minimum absolute atomic E-state index is 0.112. The van der Waals surface area contributed by atoms with E-state index in [1.807, 2.05) is 49.4 Å². The summed E-state index contributed by atoms with van der Waals surface area (Å²) in [4.78, 5) is 28.1. The molecule has 2 aliphatic rings. The number of hydrogen-bond donors (Lipinski definition) is 0. The van der Waals surface area contributed by atoms with Crippen LogP contribution in [0.2, 0.25) is 0 Å². The molecule has 2 heterocycles. The molecule has 0 fully saturated rings. The lowest BCUT2D eigenvalue weighted by molar-refractivity contribution is -0.147. The average molecular weight is 367 g/mol. The van der Waals surface area contributed by atoms with E-state index in [9.17, 15) is 9.59 Å². The van der Waals surface area contributed by atoms with Gasteiger partial charge in [0, 0.05) is 16.6 Å². The minimum Gasteiger partial charge on any atom is -0.455 e. The molecule has 0 aromatic heterocycles. The maximum atomic E-state index is 12.8. The van der Waals surface area contributed by atoms with Crippen molar-refractivity contribution in [3.63, 3.8) is 0 Å². The molecule has 2 aromatic carbocycles. The van der Waals surface area contributed by atoms with E-state index in [1.165, 1.54) is 22.9 Å². The number of fused-ring (bicyclic) bond motifs is 2. The summed E-state index contributed by atoms with van der Waals surface area (Å²) in [5.74, 6) is -0.462. The third kappa shape index (κ3) is 3.23. The van der Waals surface area contributed by atoms with Crippen molar-refractivity contribution in [3.05, 3.63) is 59.7 Å². The predicted molar refractivity (Wildman–Crippen MR) is 102 cm³/mol. The lowest BCUT2D eigenvalue weighted by Crippen LogP contribution is -2.44. The quantitative estimate of drug-likeness (QED) is 0.778. The van der Waals surface area contributed by atoms with E-state index in [2.05, 4.69) is 6.07 Å². The number of rotatable bonds is 3. The van der Waals surface area contributed by atoms with Crippen LogP contribution >= 0.6 is 11.8 Å². The van der Waals surface area contributed by atoms with Crippen LogP contribution < -0.4 is 4.90 Å². The van der Waals surface area contributed by atoms with Crippen LogP contribution in [0.1, 0.15) is 24.5 Å². The fraction of sp³-hybridized carbons (Fsp3) is 0.333. The number of carbonyl (C=O) groups is 2. The number of esters is 1. The summed E-state index contributed by atoms with van der Waals surface area (Å²) in [6.45, 7) is 1.84. The van der Waals surface area contributed by atoms with Crippen LogP contribution in [0.3, 0.4) is 0 Å². The highest BCUT2D eigenvalue weighted by Crippen LogP contribution is 2.37. The summed E-state index contributed by atoms with van der Waals surface area (Å²) >= 11 is 1.52. The molecular weight excluding hydrogens is 346 g/mol. The van der Waals surface area contributed by atoms with Crippen molar-refractivity contribution in [2.45, 2.75) is 42.4 Å². The molecule has 0 saturated carbocycles. The van der Waals surface area contributed by atoms with E-state index < -0.39 is 0 Å². The zero-order valence-corrected chi connectivity index (χ0v) is 15.5. The number of benzene rings is 2. The molecule has 0 radical (unpaired) electrons. The number of amides is 1. The highest BCUT2D eigenvalue weighted by molar-refractivity contribution is 8.01. The molecule has 2 atom stereocenters. The fourth-order valence-corrected chi connectivity index (χ4v) is 4.87. The SMILES string of the molecule is CC1CCc2ccccc2N1C(=O)COC(=O)C1Cc2ccccc2S1. The van der Waals surface area contributed by atoms with Crippen molar-refractivity contribution in [1.29, 1.82) is 0 Å². The molecular formula is C21H21NO3S. The summed E-state index contributed by atoms with van der Waals surface area (Å²) in [6.07, 6.45) is 2.55. The normalized spacial score (nSPS) is 21.0. The number of nitrogens with zero attached hydrogens (tertiary/aromatic N) is 1. The van der Waals surface area contributed by atoms with Crippen LogP contribution in [0.15, 0.2) is 53.4 Å². The molecule has 2 unspecified atom stereocenters. The first kappa shape index (κ1) is 17.2. The molecule has 5 heteroatoms. The molecule has 1 amide bonds. The molecule has 2 aliphatic heterocycles. The maximum Gasteiger partial charge on any atom is 0.320 e. The highest BCUT2D eigenvalue weighted by Gasteiger charge is 2.32. The first-order chi connectivity index (χ1) is 12.6. The minimum atomic E-state index is -0.308. The summed E-state index contributed by atoms with van der Waals surface area (Å²) in [7, 11) is 0. The molecule has 4 nitrogen and oxygen atoms in total. The van der Waals surface area contributed by atoms with Crippen LogP contribution in [0.5, 0.6) is 0 Å². The van der Waals surface area contributed by atoms with Gasteiger partial charge < -0.3 is 9.64 Å². The second-order valence-electron chi connectivity index (χ2n) is 6.81. The molecule has 0 spiro atoms. The van der Waals surface area contributed by atoms with Gasteiger partial charge in [-0.1, -0.05) is 36.4 Å². The third-order valence-electron chi connectivity index (χ3n) is 5.04. The predicted octanol–water partition coefficient (Wildman–Crippen LogP) is 3.61. The Morgan fingerprint density at radius 3 is 2.65 bits per heavy atom. The summed E-state index contributed by atoms with van der Waals surface area (Å²) < 4.78 is 5.38. The number of hydrogen-bond acceptors (Lipinski definition) is 4. The fourth-order valence-electron chi connectivity index (χ4n) is 3.68. The lowest BCUT2D eigenvalue weighted by Gasteiger charge is -2.35. The Hall–Kier alpha value is -2.27. The molecule has 0 aliphatic carbocycles. The van der Waals surface area contributed by atoms with E-state index >= 15 is 0 Å². The van der Waals surface area contributed by atoms with Gasteiger partial charge >= 0.3 is 5.97 Å². The molecule has 0 N–H and O–H groups in total. The largest absolute Gasteiger partial charge is 0.455 e. The highest BCUT2D eigenvalue weighted by atomic mass is 32.2. The zero-order chi connectivity index (χ0) is 18.1. The van der Waals surface area contributed by atoms with Gasteiger partial charge in [0.25, 0.3) is 5.91 Å². The van der Waals surface area contributed by atoms with Crippen LogP contribution in [0, 0.1) is 0 Å². The maximum absolute atomic E-state index is 12.8. The van der Waals surface area contributed by atoms with E-state index in [0.29, 0.717) is 6.42 Å². The van der Waals surface area contributed by atoms with Crippen LogP contribution in [-0.2, 0) is 27.2 Å². The Bertz CT molecular complexity index is 826. The van der Waals surface area contributed by atoms with Gasteiger partial charge in [-0.15, -0.1) is 11.8 Å². The number of aryl methyl sites for hydroxylation is 1. The number of thioether (sulfide) groups is 1. The van der Waals surface area contributed by atoms with Gasteiger partial charge in [-0.2, -0.15) is 0 Å². The van der Waals surface area contributed by atoms with Gasteiger partial charge in [-0.25, -0.2) is 0 Å². The van der Waals surface area contributed by atoms with E-state index in [1.54, 1.807) is 4.90 Å². The number of para-hydroxylation sites is 1. The molecule has 2 aromatic rings. The monoisotopic (exact) mass is 367 g/mol. The lowest BCUT2D eigenvalue weighted by atomic mass is 9.96. The van der Waals surface area contributed by atoms with E-state index in [4.69, 9.17) is 4.74 Å². The molecule has 26 heavy (non-hydrogen) atoms. The van der Waals surface area contributed by atoms with Gasteiger partial charge in [0.2, 0.25) is 0 Å². The number of anilines is 1. The van der Waals surface area contributed by atoms with Crippen LogP contribution in [-0.4, -0.2) is 29.8 Å². The van der Waals surface area contributed by atoms with Gasteiger partial charge in [-0.3, -0.25) is 9.59 Å². The molecule has 134 valence electrons. The van der Waals surface area contributed by atoms with E-state index in [0.717, 1.165) is 23.4 Å². The first-order valence-corrected chi connectivity index (χ1v) is 9.82. The van der Waals surface area contributed by atoms with Crippen LogP contribution in [0.4, 0.5) is 5.69 Å². The van der Waals surface area contributed by atoms with Crippen molar-refractivity contribution in [2.24, 2.45) is 0 Å². The molecule has 4 rings (SSSR count). The standard InChI is InChI=1S/C21H21NO3S/c1-14-10-11-15-6-2-4-8-17(15)22(14)20(23)13-25-21(24)19-12-16-7-3-5-9-18(16)26-19/h2-9,14,19H,10-13H2,1H3. The number of ether oxygens (including phenoxy) is 1. The summed E-state index contributed by atoms with van der Waals surface area (Å²) in [5.41, 5.74) is 3.28. The van der Waals surface area contributed by atoms with Gasteiger partial charge in [-0.05, 0) is 49.4 Å². The second kappa shape index (κ2) is 7.16. The zero-order valence-electron chi connectivity index (χ0n) is 14.7. The first-order valence-electron chi connectivity index (χ1n) is 8.94. The number of carbonyl (C=O) groups excluding carboxylic acids is 2. The Morgan fingerprint density at radius 2 is 1.85 bits per heavy atom. The van der Waals surface area contributed by atoms with Gasteiger partial charge in [0.1, 0.15) is 5.25 Å². The van der Waals surface area contributed by atoms with Crippen molar-refractivity contribution >= 4 is 29.3 Å². The van der Waals surface area contributed by atoms with Crippen molar-refractivity contribution in [2.75, 3.05) is 11.5 Å². The topological polar surface area (TPSA) is 46.6 Å². The Balaban J connectivity index is 1.39. The molecule has 0 bridgehead atoms. The van der Waals surface area contributed by atoms with Crippen molar-refractivity contribution in [1.82, 2.24) is 0 Å². The second-order valence-corrected chi connectivity index (χ2v) is 8.05. The summed E-state index contributed by atoms with van der Waals surface area (Å²) in [6, 6.07) is 16.1. The van der Waals surface area contributed by atoms with Crippen LogP contribution in [0.25, 0.3) is 0 Å². The smallest absolute Gasteiger partial charge is 0.320 e. The van der Waals surface area contributed by atoms with Gasteiger partial charge in [0.05, 0.1) is 0 Å². The van der Waals surface area contributed by atoms with E-state index in [-0.39, 0.29) is 29.8 Å². The Kier molecular flexibility index (Phi) is 4.72.